The van der Waals surface area contributed by atoms with Crippen LogP contribution in [0, 0.1) is 12.8 Å². The number of pyridine rings is 1. The Morgan fingerprint density at radius 1 is 1.13 bits per heavy atom. The Hall–Kier alpha value is -3.07. The Bertz CT molecular complexity index is 935. The summed E-state index contributed by atoms with van der Waals surface area (Å²) in [5, 5.41) is 5.60. The fourth-order valence-corrected chi connectivity index (χ4v) is 4.04. The van der Waals surface area contributed by atoms with Gasteiger partial charge in [-0.3, -0.25) is 14.4 Å². The standard InChI is InChI=1S/C22H27N5O3S/c1-15-4-2-6-17(10-15)25-20(28)13-31-14-21(29)26-18-7-8-19(24-11-18)27-9-3-5-16(12-27)22(23)30/h2,4,6-8,10-11,16H,3,5,9,12-14H2,1H3,(H2,23,30)(H,25,28)(H,26,29). The number of nitrogens with two attached hydrogens (primary N) is 1. The van der Waals surface area contributed by atoms with E-state index in [0.717, 1.165) is 36.5 Å². The molecule has 31 heavy (non-hydrogen) atoms. The first-order valence-electron chi connectivity index (χ1n) is 10.1. The molecule has 1 atom stereocenters. The summed E-state index contributed by atoms with van der Waals surface area (Å²) in [4.78, 5) is 42.0. The van der Waals surface area contributed by atoms with Crippen LogP contribution in [0.25, 0.3) is 0 Å². The van der Waals surface area contributed by atoms with Crippen molar-refractivity contribution in [1.82, 2.24) is 4.98 Å². The third kappa shape index (κ3) is 6.99. The number of piperidine rings is 1. The number of aryl methyl sites for hydroxylation is 1. The van der Waals surface area contributed by atoms with Crippen LogP contribution in [0.3, 0.4) is 0 Å². The summed E-state index contributed by atoms with van der Waals surface area (Å²) >= 11 is 1.24. The number of carbonyl (C=O) groups is 3. The summed E-state index contributed by atoms with van der Waals surface area (Å²) in [5.41, 5.74) is 7.83. The summed E-state index contributed by atoms with van der Waals surface area (Å²) in [6, 6.07) is 11.2. The molecule has 0 radical (unpaired) electrons. The van der Waals surface area contributed by atoms with Gasteiger partial charge in [0.25, 0.3) is 0 Å². The van der Waals surface area contributed by atoms with Crippen molar-refractivity contribution in [3.05, 3.63) is 48.2 Å². The van der Waals surface area contributed by atoms with E-state index in [1.807, 2.05) is 42.2 Å². The second-order valence-electron chi connectivity index (χ2n) is 7.55. The molecule has 3 amide bonds. The van der Waals surface area contributed by atoms with E-state index in [2.05, 4.69) is 15.6 Å². The van der Waals surface area contributed by atoms with Crippen LogP contribution in [0.4, 0.5) is 17.2 Å². The molecule has 1 unspecified atom stereocenters. The van der Waals surface area contributed by atoms with E-state index in [0.29, 0.717) is 12.2 Å². The molecule has 0 spiro atoms. The van der Waals surface area contributed by atoms with Crippen molar-refractivity contribution in [2.45, 2.75) is 19.8 Å². The lowest BCUT2D eigenvalue weighted by atomic mass is 9.97. The highest BCUT2D eigenvalue weighted by Gasteiger charge is 2.24. The quantitative estimate of drug-likeness (QED) is 0.579. The number of anilines is 3. The first-order valence-corrected chi connectivity index (χ1v) is 11.3. The molecule has 2 heterocycles. The molecule has 1 aliphatic heterocycles. The summed E-state index contributed by atoms with van der Waals surface area (Å²) < 4.78 is 0. The average Bonchev–Trinajstić information content (AvgIpc) is 2.74. The molecular weight excluding hydrogens is 414 g/mol. The van der Waals surface area contributed by atoms with Crippen LogP contribution in [-0.4, -0.2) is 47.3 Å². The van der Waals surface area contributed by atoms with Gasteiger partial charge in [0.05, 0.1) is 29.3 Å². The minimum atomic E-state index is -0.279. The monoisotopic (exact) mass is 441 g/mol. The van der Waals surface area contributed by atoms with Crippen LogP contribution in [0.5, 0.6) is 0 Å². The van der Waals surface area contributed by atoms with E-state index in [9.17, 15) is 14.4 Å². The van der Waals surface area contributed by atoms with Gasteiger partial charge in [-0.2, -0.15) is 0 Å². The summed E-state index contributed by atoms with van der Waals surface area (Å²) in [5.74, 6) is 0.323. The predicted octanol–water partition coefficient (Wildman–Crippen LogP) is 2.40. The molecule has 1 aromatic heterocycles. The Balaban J connectivity index is 1.41. The van der Waals surface area contributed by atoms with Crippen molar-refractivity contribution in [2.24, 2.45) is 11.7 Å². The highest BCUT2D eigenvalue weighted by atomic mass is 32.2. The number of aromatic nitrogens is 1. The Labute approximate surface area is 186 Å². The van der Waals surface area contributed by atoms with E-state index in [1.165, 1.54) is 11.8 Å². The van der Waals surface area contributed by atoms with Gasteiger partial charge in [0.15, 0.2) is 0 Å². The highest BCUT2D eigenvalue weighted by Crippen LogP contribution is 2.22. The maximum absolute atomic E-state index is 12.1. The molecular formula is C22H27N5O3S. The molecule has 4 N–H and O–H groups in total. The van der Waals surface area contributed by atoms with Crippen LogP contribution in [-0.2, 0) is 14.4 Å². The lowest BCUT2D eigenvalue weighted by Gasteiger charge is -2.32. The summed E-state index contributed by atoms with van der Waals surface area (Å²) in [6.45, 7) is 3.35. The molecule has 0 aliphatic carbocycles. The Kier molecular flexibility index (Phi) is 7.88. The highest BCUT2D eigenvalue weighted by molar-refractivity contribution is 8.00. The Morgan fingerprint density at radius 2 is 1.87 bits per heavy atom. The molecule has 3 rings (SSSR count). The smallest absolute Gasteiger partial charge is 0.234 e. The third-order valence-corrected chi connectivity index (χ3v) is 5.88. The number of rotatable bonds is 8. The van der Waals surface area contributed by atoms with Crippen molar-refractivity contribution in [3.63, 3.8) is 0 Å². The minimum absolute atomic E-state index is 0.148. The van der Waals surface area contributed by atoms with Crippen LogP contribution >= 0.6 is 11.8 Å². The molecule has 2 aromatic rings. The van der Waals surface area contributed by atoms with Crippen molar-refractivity contribution in [3.8, 4) is 0 Å². The molecule has 8 nitrogen and oxygen atoms in total. The average molecular weight is 442 g/mol. The molecule has 0 saturated carbocycles. The van der Waals surface area contributed by atoms with Crippen molar-refractivity contribution < 1.29 is 14.4 Å². The second-order valence-corrected chi connectivity index (χ2v) is 8.54. The third-order valence-electron chi connectivity index (χ3n) is 4.95. The second kappa shape index (κ2) is 10.8. The van der Waals surface area contributed by atoms with E-state index in [1.54, 1.807) is 12.3 Å². The molecule has 0 bridgehead atoms. The van der Waals surface area contributed by atoms with Gasteiger partial charge < -0.3 is 21.3 Å². The van der Waals surface area contributed by atoms with Crippen molar-refractivity contribution in [1.29, 1.82) is 0 Å². The van der Waals surface area contributed by atoms with Crippen LogP contribution in [0.1, 0.15) is 18.4 Å². The maximum Gasteiger partial charge on any atom is 0.234 e. The number of thioether (sulfide) groups is 1. The number of nitrogens with one attached hydrogen (secondary N) is 2. The van der Waals surface area contributed by atoms with Crippen molar-refractivity contribution in [2.75, 3.05) is 40.1 Å². The Morgan fingerprint density at radius 3 is 2.52 bits per heavy atom. The van der Waals surface area contributed by atoms with Gasteiger partial charge in [0, 0.05) is 18.8 Å². The van der Waals surface area contributed by atoms with E-state index in [-0.39, 0.29) is 35.1 Å². The van der Waals surface area contributed by atoms with Gasteiger partial charge in [0.1, 0.15) is 5.82 Å². The molecule has 1 aliphatic rings. The number of benzene rings is 1. The fraction of sp³-hybridized carbons (Fsp3) is 0.364. The summed E-state index contributed by atoms with van der Waals surface area (Å²) in [7, 11) is 0. The topological polar surface area (TPSA) is 117 Å². The molecule has 1 aromatic carbocycles. The van der Waals surface area contributed by atoms with Crippen LogP contribution < -0.4 is 21.3 Å². The molecule has 9 heteroatoms. The van der Waals surface area contributed by atoms with Gasteiger partial charge in [-0.05, 0) is 49.6 Å². The zero-order valence-electron chi connectivity index (χ0n) is 17.5. The number of amides is 3. The van der Waals surface area contributed by atoms with Gasteiger partial charge >= 0.3 is 0 Å². The minimum Gasteiger partial charge on any atom is -0.369 e. The van der Waals surface area contributed by atoms with Gasteiger partial charge in [-0.25, -0.2) is 4.98 Å². The van der Waals surface area contributed by atoms with Gasteiger partial charge in [-0.1, -0.05) is 12.1 Å². The maximum atomic E-state index is 12.1. The zero-order chi connectivity index (χ0) is 22.2. The number of hydrogen-bond acceptors (Lipinski definition) is 6. The van der Waals surface area contributed by atoms with E-state index < -0.39 is 0 Å². The predicted molar refractivity (Wildman–Crippen MR) is 124 cm³/mol. The lowest BCUT2D eigenvalue weighted by molar-refractivity contribution is -0.122. The largest absolute Gasteiger partial charge is 0.369 e. The number of carbonyl (C=O) groups excluding carboxylic acids is 3. The van der Waals surface area contributed by atoms with Gasteiger partial charge in [0.2, 0.25) is 17.7 Å². The SMILES string of the molecule is Cc1cccc(NC(=O)CSCC(=O)Nc2ccc(N3CCCC(C(N)=O)C3)nc2)c1. The van der Waals surface area contributed by atoms with Crippen LogP contribution in [0.15, 0.2) is 42.6 Å². The number of nitrogens with zero attached hydrogens (tertiary/aromatic N) is 2. The molecule has 164 valence electrons. The van der Waals surface area contributed by atoms with E-state index >= 15 is 0 Å². The first kappa shape index (κ1) is 22.6. The summed E-state index contributed by atoms with van der Waals surface area (Å²) in [6.07, 6.45) is 3.29. The van der Waals surface area contributed by atoms with Crippen molar-refractivity contribution >= 4 is 46.7 Å². The zero-order valence-corrected chi connectivity index (χ0v) is 18.3. The van der Waals surface area contributed by atoms with Gasteiger partial charge in [-0.15, -0.1) is 11.8 Å². The fourth-order valence-electron chi connectivity index (χ4n) is 3.42. The number of hydrogen-bond donors (Lipinski definition) is 3. The molecule has 1 saturated heterocycles. The van der Waals surface area contributed by atoms with Crippen LogP contribution in [0.2, 0.25) is 0 Å². The lowest BCUT2D eigenvalue weighted by Crippen LogP contribution is -2.41. The number of primary amides is 1. The first-order chi connectivity index (χ1) is 14.9. The normalized spacial score (nSPS) is 15.9. The van der Waals surface area contributed by atoms with E-state index in [4.69, 9.17) is 5.73 Å². The molecule has 1 fully saturated rings.